The van der Waals surface area contributed by atoms with Crippen LogP contribution < -0.4 is 16.9 Å². The number of aliphatic carboxylic acids is 1. The van der Waals surface area contributed by atoms with Gasteiger partial charge in [0.15, 0.2) is 16.1 Å². The largest absolute Gasteiger partial charge is 0.480 e. The van der Waals surface area contributed by atoms with Crippen molar-refractivity contribution in [2.75, 3.05) is 5.73 Å². The molecule has 0 atom stereocenters. The van der Waals surface area contributed by atoms with E-state index in [1.807, 2.05) is 56.3 Å². The maximum absolute atomic E-state index is 12.9. The van der Waals surface area contributed by atoms with E-state index in [0.29, 0.717) is 47.7 Å². The molecule has 0 saturated heterocycles. The van der Waals surface area contributed by atoms with Crippen molar-refractivity contribution in [2.24, 2.45) is 0 Å². The number of aryl methyl sites for hydroxylation is 4. The Morgan fingerprint density at radius 1 is 0.735 bits per heavy atom. The molecule has 0 spiro atoms. The summed E-state index contributed by atoms with van der Waals surface area (Å²) in [5, 5.41) is 9.35. The van der Waals surface area contributed by atoms with Gasteiger partial charge in [-0.2, -0.15) is 0 Å². The van der Waals surface area contributed by atoms with Crippen LogP contribution in [-0.2, 0) is 41.9 Å². The van der Waals surface area contributed by atoms with Crippen LogP contribution in [0.3, 0.4) is 0 Å². The summed E-state index contributed by atoms with van der Waals surface area (Å²) in [6, 6.07) is 21.8. The van der Waals surface area contributed by atoms with E-state index in [9.17, 15) is 19.2 Å². The van der Waals surface area contributed by atoms with E-state index in [0.717, 1.165) is 21.4 Å². The van der Waals surface area contributed by atoms with Gasteiger partial charge in [0.1, 0.15) is 23.8 Å². The van der Waals surface area contributed by atoms with E-state index in [4.69, 9.17) is 34.0 Å². The SMILES string of the molecule is CCc1nc(Cl)c(-c2ccccc2)n(CC(=O)CCc2ccc(N)nc2C)c1=O.CCc1nc(Cl)c(-c2ccccc2)n(CC(=O)O)c1=O. The van der Waals surface area contributed by atoms with E-state index < -0.39 is 18.1 Å². The molecule has 3 N–H and O–H groups in total. The van der Waals surface area contributed by atoms with Gasteiger partial charge in [-0.25, -0.2) is 15.0 Å². The molecule has 0 fully saturated rings. The van der Waals surface area contributed by atoms with Crippen LogP contribution in [0.15, 0.2) is 82.4 Å². The molecule has 0 aliphatic carbocycles. The van der Waals surface area contributed by atoms with Gasteiger partial charge in [-0.15, -0.1) is 0 Å². The third-order valence-corrected chi connectivity index (χ3v) is 8.19. The van der Waals surface area contributed by atoms with E-state index in [1.54, 1.807) is 37.3 Å². The van der Waals surface area contributed by atoms with E-state index >= 15 is 0 Å². The summed E-state index contributed by atoms with van der Waals surface area (Å²) in [7, 11) is 0. The molecule has 254 valence electrons. The van der Waals surface area contributed by atoms with Crippen LogP contribution >= 0.6 is 23.2 Å². The molecule has 3 aromatic heterocycles. The molecule has 3 heterocycles. The maximum Gasteiger partial charge on any atom is 0.323 e. The lowest BCUT2D eigenvalue weighted by Crippen LogP contribution is -2.30. The number of halogens is 2. The zero-order valence-corrected chi connectivity index (χ0v) is 28.8. The molecule has 5 aromatic rings. The van der Waals surface area contributed by atoms with Crippen molar-refractivity contribution in [1.82, 2.24) is 24.1 Å². The summed E-state index contributed by atoms with van der Waals surface area (Å²) in [5.74, 6) is -0.714. The van der Waals surface area contributed by atoms with E-state index in [-0.39, 0.29) is 40.3 Å². The third kappa shape index (κ3) is 9.07. The number of Topliss-reactive ketones (excluding diaryl/α,β-unsaturated/α-hetero) is 1. The van der Waals surface area contributed by atoms with Crippen molar-refractivity contribution in [3.05, 3.63) is 126 Å². The standard InChI is InChI=1S/C22H23ClN4O2.C14H13ClN2O3/c1-3-18-22(29)27(20(21(23)26-18)16-7-5-4-6-8-16)13-17(28)11-9-15-10-12-19(24)25-14(15)2;1-2-10-14(20)17(8-11(18)19)12(13(15)16-10)9-6-4-3-5-7-9/h4-8,10,12H,3,9,11,13H2,1-2H3,(H2,24,25);3-7H,2,8H2,1H3,(H,18,19). The van der Waals surface area contributed by atoms with Crippen LogP contribution in [0.1, 0.15) is 42.9 Å². The first kappa shape index (κ1) is 36.7. The quantitative estimate of drug-likeness (QED) is 0.173. The molecule has 2 aromatic carbocycles. The van der Waals surface area contributed by atoms with Crippen LogP contribution in [0.4, 0.5) is 5.82 Å². The van der Waals surface area contributed by atoms with Crippen LogP contribution in [0.2, 0.25) is 10.3 Å². The number of aromatic nitrogens is 5. The Hall–Kier alpha value is -5.13. The van der Waals surface area contributed by atoms with Crippen molar-refractivity contribution in [3.63, 3.8) is 0 Å². The fraction of sp³-hybridized carbons (Fsp3) is 0.250. The number of carboxylic acid groups (broad SMARTS) is 1. The molecule has 49 heavy (non-hydrogen) atoms. The molecule has 5 rings (SSSR count). The zero-order chi connectivity index (χ0) is 35.7. The first-order chi connectivity index (χ1) is 23.4. The lowest BCUT2D eigenvalue weighted by Gasteiger charge is -2.15. The van der Waals surface area contributed by atoms with Gasteiger partial charge in [-0.1, -0.05) is 104 Å². The van der Waals surface area contributed by atoms with Crippen LogP contribution in [0.25, 0.3) is 22.5 Å². The predicted molar refractivity (Wildman–Crippen MR) is 191 cm³/mol. The van der Waals surface area contributed by atoms with Gasteiger partial charge >= 0.3 is 5.97 Å². The van der Waals surface area contributed by atoms with Crippen LogP contribution in [-0.4, -0.2) is 40.9 Å². The molecule has 0 aliphatic heterocycles. The number of nitrogens with two attached hydrogens (primary N) is 1. The van der Waals surface area contributed by atoms with Crippen LogP contribution in [0, 0.1) is 6.92 Å². The molecule has 13 heteroatoms. The Kier molecular flexibility index (Phi) is 12.6. The zero-order valence-electron chi connectivity index (χ0n) is 27.3. The highest BCUT2D eigenvalue weighted by atomic mass is 35.5. The summed E-state index contributed by atoms with van der Waals surface area (Å²) in [4.78, 5) is 61.5. The van der Waals surface area contributed by atoms with Gasteiger partial charge in [-0.3, -0.25) is 28.3 Å². The predicted octanol–water partition coefficient (Wildman–Crippen LogP) is 5.82. The average molecular weight is 704 g/mol. The second kappa shape index (κ2) is 16.8. The minimum absolute atomic E-state index is 0.0558. The van der Waals surface area contributed by atoms with Gasteiger partial charge < -0.3 is 10.8 Å². The highest BCUT2D eigenvalue weighted by Gasteiger charge is 2.19. The Bertz CT molecular complexity index is 2080. The maximum atomic E-state index is 12.9. The van der Waals surface area contributed by atoms with Gasteiger partial charge in [0.25, 0.3) is 11.1 Å². The summed E-state index contributed by atoms with van der Waals surface area (Å²) < 4.78 is 2.60. The smallest absolute Gasteiger partial charge is 0.323 e. The normalized spacial score (nSPS) is 10.7. The van der Waals surface area contributed by atoms with E-state index in [1.165, 1.54) is 4.57 Å². The number of hydrogen-bond acceptors (Lipinski definition) is 8. The van der Waals surface area contributed by atoms with E-state index in [2.05, 4.69) is 15.0 Å². The number of rotatable bonds is 11. The number of carbonyl (C=O) groups excluding carboxylic acids is 1. The lowest BCUT2D eigenvalue weighted by molar-refractivity contribution is -0.137. The number of anilines is 1. The van der Waals surface area contributed by atoms with Crippen molar-refractivity contribution in [2.45, 2.75) is 59.5 Å². The van der Waals surface area contributed by atoms with Gasteiger partial charge in [0.05, 0.1) is 17.9 Å². The van der Waals surface area contributed by atoms with Crippen molar-refractivity contribution >= 4 is 40.8 Å². The highest BCUT2D eigenvalue weighted by Crippen LogP contribution is 2.26. The molecule has 11 nitrogen and oxygen atoms in total. The number of hydrogen-bond donors (Lipinski definition) is 2. The fourth-order valence-corrected chi connectivity index (χ4v) is 5.84. The molecule has 0 aliphatic rings. The number of pyridine rings is 1. The van der Waals surface area contributed by atoms with Gasteiger partial charge in [0.2, 0.25) is 0 Å². The minimum atomic E-state index is -1.10. The number of carbonyl (C=O) groups is 2. The molecular weight excluding hydrogens is 667 g/mol. The lowest BCUT2D eigenvalue weighted by atomic mass is 10.1. The van der Waals surface area contributed by atoms with Crippen molar-refractivity contribution in [3.8, 4) is 22.5 Å². The second-order valence-corrected chi connectivity index (χ2v) is 11.7. The Morgan fingerprint density at radius 2 is 1.20 bits per heavy atom. The fourth-order valence-electron chi connectivity index (χ4n) is 5.22. The van der Waals surface area contributed by atoms with Gasteiger partial charge in [0, 0.05) is 23.2 Å². The van der Waals surface area contributed by atoms with Crippen molar-refractivity contribution in [1.29, 1.82) is 0 Å². The highest BCUT2D eigenvalue weighted by molar-refractivity contribution is 6.32. The topological polar surface area (TPSA) is 163 Å². The number of carboxylic acids is 1. The molecule has 0 unspecified atom stereocenters. The summed E-state index contributed by atoms with van der Waals surface area (Å²) in [6.45, 7) is 4.97. The number of nitrogen functional groups attached to an aromatic ring is 1. The molecule has 0 saturated carbocycles. The number of ketones is 1. The van der Waals surface area contributed by atoms with Gasteiger partial charge in [-0.05, 0) is 37.8 Å². The number of benzene rings is 2. The molecule has 0 radical (unpaired) electrons. The summed E-state index contributed by atoms with van der Waals surface area (Å²) in [6.07, 6.45) is 1.66. The Labute approximate surface area is 293 Å². The monoisotopic (exact) mass is 702 g/mol. The number of nitrogens with zero attached hydrogens (tertiary/aromatic N) is 5. The minimum Gasteiger partial charge on any atom is -0.480 e. The third-order valence-electron chi connectivity index (χ3n) is 7.66. The second-order valence-electron chi connectivity index (χ2n) is 11.0. The van der Waals surface area contributed by atoms with Crippen molar-refractivity contribution < 1.29 is 14.7 Å². The Balaban J connectivity index is 0.000000237. The van der Waals surface area contributed by atoms with Crippen LogP contribution in [0.5, 0.6) is 0 Å². The summed E-state index contributed by atoms with van der Waals surface area (Å²) in [5.41, 5.74) is 9.56. The molecular formula is C36H36Cl2N6O5. The molecule has 0 amide bonds. The summed E-state index contributed by atoms with van der Waals surface area (Å²) >= 11 is 12.5. The molecule has 0 bridgehead atoms. The average Bonchev–Trinajstić information content (AvgIpc) is 3.08. The first-order valence-electron chi connectivity index (χ1n) is 15.6. The first-order valence-corrected chi connectivity index (χ1v) is 16.3. The Morgan fingerprint density at radius 3 is 1.63 bits per heavy atom.